The smallest absolute Gasteiger partial charge is 0.331 e. The van der Waals surface area contributed by atoms with Crippen molar-refractivity contribution in [1.82, 2.24) is 0 Å². The molecule has 3 unspecified atom stereocenters. The fourth-order valence-corrected chi connectivity index (χ4v) is 3.82. The van der Waals surface area contributed by atoms with E-state index in [1.807, 2.05) is 6.92 Å². The van der Waals surface area contributed by atoms with Crippen LogP contribution in [0.3, 0.4) is 0 Å². The summed E-state index contributed by atoms with van der Waals surface area (Å²) < 4.78 is 0. The Morgan fingerprint density at radius 3 is 2.67 bits per heavy atom. The van der Waals surface area contributed by atoms with E-state index in [4.69, 9.17) is 4.84 Å². The monoisotopic (exact) mass is 253 g/mol. The molecule has 4 heteroatoms. The Kier molecular flexibility index (Phi) is 4.05. The lowest BCUT2D eigenvalue weighted by atomic mass is 9.56. The minimum Gasteiger partial charge on any atom is -0.393 e. The van der Waals surface area contributed by atoms with Gasteiger partial charge >= 0.3 is 5.97 Å². The van der Waals surface area contributed by atoms with Gasteiger partial charge < -0.3 is 9.94 Å². The standard InChI is InChI=1S/C14H23NO3/c1-10(15-18-11(2)16)14-8-4-3-6-12(14)13(17)7-5-9-14/h12-13,17H,3-9H2,1-2H3. The number of aliphatic hydroxyl groups excluding tert-OH is 1. The van der Waals surface area contributed by atoms with Crippen LogP contribution in [0, 0.1) is 11.3 Å². The van der Waals surface area contributed by atoms with Crippen LogP contribution in [0.2, 0.25) is 0 Å². The summed E-state index contributed by atoms with van der Waals surface area (Å²) in [6.45, 7) is 3.31. The molecule has 0 aromatic rings. The lowest BCUT2D eigenvalue weighted by molar-refractivity contribution is -0.141. The first-order valence-electron chi connectivity index (χ1n) is 6.97. The highest BCUT2D eigenvalue weighted by Gasteiger charge is 2.48. The number of nitrogens with zero attached hydrogens (tertiary/aromatic N) is 1. The quantitative estimate of drug-likeness (QED) is 0.467. The van der Waals surface area contributed by atoms with Gasteiger partial charge in [0.1, 0.15) is 0 Å². The zero-order valence-corrected chi connectivity index (χ0v) is 11.3. The van der Waals surface area contributed by atoms with Gasteiger partial charge in [-0.25, -0.2) is 4.79 Å². The number of carbonyl (C=O) groups excluding carboxylic acids is 1. The second kappa shape index (κ2) is 5.39. The molecule has 1 N–H and O–H groups in total. The first-order chi connectivity index (χ1) is 8.56. The number of hydrogen-bond donors (Lipinski definition) is 1. The molecule has 0 radical (unpaired) electrons. The predicted octanol–water partition coefficient (Wildman–Crippen LogP) is 2.65. The first-order valence-corrected chi connectivity index (χ1v) is 6.97. The summed E-state index contributed by atoms with van der Waals surface area (Å²) in [6, 6.07) is 0. The molecular weight excluding hydrogens is 230 g/mol. The average Bonchev–Trinajstić information content (AvgIpc) is 2.36. The summed E-state index contributed by atoms with van der Waals surface area (Å²) in [5.41, 5.74) is 0.854. The van der Waals surface area contributed by atoms with Gasteiger partial charge in [0.15, 0.2) is 0 Å². The highest BCUT2D eigenvalue weighted by atomic mass is 16.7. The number of fused-ring (bicyclic) bond motifs is 1. The Bertz CT molecular complexity index is 349. The maximum Gasteiger partial charge on any atom is 0.331 e. The molecule has 0 amide bonds. The van der Waals surface area contributed by atoms with Gasteiger partial charge in [0.25, 0.3) is 0 Å². The Hall–Kier alpha value is -0.900. The van der Waals surface area contributed by atoms with Gasteiger partial charge in [0, 0.05) is 12.3 Å². The number of carbonyl (C=O) groups is 1. The van der Waals surface area contributed by atoms with Crippen molar-refractivity contribution < 1.29 is 14.7 Å². The van der Waals surface area contributed by atoms with Crippen LogP contribution in [0.4, 0.5) is 0 Å². The first kappa shape index (κ1) is 13.5. The van der Waals surface area contributed by atoms with E-state index >= 15 is 0 Å². The second-order valence-corrected chi connectivity index (χ2v) is 5.73. The molecule has 0 heterocycles. The van der Waals surface area contributed by atoms with E-state index in [2.05, 4.69) is 5.16 Å². The van der Waals surface area contributed by atoms with Crippen molar-refractivity contribution in [2.24, 2.45) is 16.5 Å². The molecule has 0 aromatic heterocycles. The Morgan fingerprint density at radius 1 is 1.22 bits per heavy atom. The van der Waals surface area contributed by atoms with Crippen molar-refractivity contribution in [1.29, 1.82) is 0 Å². The van der Waals surface area contributed by atoms with E-state index in [1.54, 1.807) is 0 Å². The highest BCUT2D eigenvalue weighted by Crippen LogP contribution is 2.51. The van der Waals surface area contributed by atoms with Gasteiger partial charge in [-0.15, -0.1) is 0 Å². The summed E-state index contributed by atoms with van der Waals surface area (Å²) >= 11 is 0. The van der Waals surface area contributed by atoms with Gasteiger partial charge in [-0.2, -0.15) is 0 Å². The van der Waals surface area contributed by atoms with Gasteiger partial charge in [-0.3, -0.25) is 0 Å². The molecule has 2 fully saturated rings. The molecule has 102 valence electrons. The van der Waals surface area contributed by atoms with E-state index in [1.165, 1.54) is 19.8 Å². The minimum absolute atomic E-state index is 0.0363. The largest absolute Gasteiger partial charge is 0.393 e. The molecule has 18 heavy (non-hydrogen) atoms. The predicted molar refractivity (Wildman–Crippen MR) is 69.1 cm³/mol. The zero-order chi connectivity index (χ0) is 13.2. The van der Waals surface area contributed by atoms with E-state index in [9.17, 15) is 9.90 Å². The highest BCUT2D eigenvalue weighted by molar-refractivity contribution is 5.88. The summed E-state index contributed by atoms with van der Waals surface area (Å²) in [5, 5.41) is 14.2. The Labute approximate surface area is 108 Å². The van der Waals surface area contributed by atoms with E-state index < -0.39 is 0 Å². The van der Waals surface area contributed by atoms with Crippen molar-refractivity contribution in [3.8, 4) is 0 Å². The van der Waals surface area contributed by atoms with Gasteiger partial charge in [-0.1, -0.05) is 18.0 Å². The molecule has 2 aliphatic rings. The number of aliphatic hydroxyl groups is 1. The molecule has 0 spiro atoms. The topological polar surface area (TPSA) is 58.9 Å². The zero-order valence-electron chi connectivity index (χ0n) is 11.3. The molecule has 0 aromatic carbocycles. The van der Waals surface area contributed by atoms with Crippen LogP contribution < -0.4 is 0 Å². The third-order valence-electron chi connectivity index (χ3n) is 4.72. The molecule has 3 atom stereocenters. The lowest BCUT2D eigenvalue weighted by Gasteiger charge is -2.49. The average molecular weight is 253 g/mol. The SMILES string of the molecule is CC(=O)ON=C(C)C12CCCCC1C(O)CCC2. The third-order valence-corrected chi connectivity index (χ3v) is 4.72. The lowest BCUT2D eigenvalue weighted by Crippen LogP contribution is -2.48. The summed E-state index contributed by atoms with van der Waals surface area (Å²) in [4.78, 5) is 15.7. The Balaban J connectivity index is 2.23. The summed E-state index contributed by atoms with van der Waals surface area (Å²) in [6.07, 6.45) is 7.25. The normalized spacial score (nSPS) is 36.9. The van der Waals surface area contributed by atoms with Crippen molar-refractivity contribution in [3.05, 3.63) is 0 Å². The summed E-state index contributed by atoms with van der Waals surface area (Å²) in [7, 11) is 0. The van der Waals surface area contributed by atoms with Crippen LogP contribution in [-0.2, 0) is 9.63 Å². The van der Waals surface area contributed by atoms with Crippen LogP contribution in [0.5, 0.6) is 0 Å². The molecule has 4 nitrogen and oxygen atoms in total. The van der Waals surface area contributed by atoms with Crippen LogP contribution in [0.1, 0.15) is 58.8 Å². The Morgan fingerprint density at radius 2 is 1.94 bits per heavy atom. The number of hydrogen-bond acceptors (Lipinski definition) is 4. The third kappa shape index (κ3) is 2.44. The molecule has 2 aliphatic carbocycles. The summed E-state index contributed by atoms with van der Waals surface area (Å²) in [5.74, 6) is -0.0891. The van der Waals surface area contributed by atoms with E-state index in [0.29, 0.717) is 5.92 Å². The van der Waals surface area contributed by atoms with Crippen molar-refractivity contribution in [3.63, 3.8) is 0 Å². The van der Waals surface area contributed by atoms with Crippen molar-refractivity contribution >= 4 is 11.7 Å². The van der Waals surface area contributed by atoms with Crippen LogP contribution in [0.25, 0.3) is 0 Å². The van der Waals surface area contributed by atoms with E-state index in [0.717, 1.165) is 37.8 Å². The number of rotatable bonds is 2. The van der Waals surface area contributed by atoms with Crippen LogP contribution in [-0.4, -0.2) is 22.9 Å². The second-order valence-electron chi connectivity index (χ2n) is 5.73. The fraction of sp³-hybridized carbons (Fsp3) is 0.857. The maximum absolute atomic E-state index is 10.9. The van der Waals surface area contributed by atoms with Crippen LogP contribution >= 0.6 is 0 Å². The molecule has 0 bridgehead atoms. The fourth-order valence-electron chi connectivity index (χ4n) is 3.82. The van der Waals surface area contributed by atoms with Crippen molar-refractivity contribution in [2.75, 3.05) is 0 Å². The van der Waals surface area contributed by atoms with Crippen molar-refractivity contribution in [2.45, 2.75) is 64.9 Å². The van der Waals surface area contributed by atoms with Gasteiger partial charge in [0.2, 0.25) is 0 Å². The minimum atomic E-state index is -0.380. The number of oxime groups is 1. The molecule has 2 rings (SSSR count). The molecule has 2 saturated carbocycles. The molecule has 0 saturated heterocycles. The van der Waals surface area contributed by atoms with Gasteiger partial charge in [0.05, 0.1) is 11.8 Å². The maximum atomic E-state index is 10.9. The van der Waals surface area contributed by atoms with Gasteiger partial charge in [-0.05, 0) is 44.9 Å². The molecule has 0 aliphatic heterocycles. The molecular formula is C14H23NO3. The van der Waals surface area contributed by atoms with E-state index in [-0.39, 0.29) is 17.5 Å². The van der Waals surface area contributed by atoms with Crippen LogP contribution in [0.15, 0.2) is 5.16 Å².